The zero-order chi connectivity index (χ0) is 17.1. The average Bonchev–Trinajstić information content (AvgIpc) is 2.59. The highest BCUT2D eigenvalue weighted by molar-refractivity contribution is 5.94. The van der Waals surface area contributed by atoms with Crippen LogP contribution in [0, 0.1) is 12.8 Å². The predicted octanol–water partition coefficient (Wildman–Crippen LogP) is 4.10. The van der Waals surface area contributed by atoms with Gasteiger partial charge in [0.15, 0.2) is 0 Å². The Balaban J connectivity index is 1.73. The van der Waals surface area contributed by atoms with Crippen LogP contribution in [0.25, 0.3) is 0 Å². The number of carbonyl (C=O) groups excluding carboxylic acids is 1. The van der Waals surface area contributed by atoms with Gasteiger partial charge in [0, 0.05) is 24.1 Å². The molecule has 0 N–H and O–H groups in total. The summed E-state index contributed by atoms with van der Waals surface area (Å²) in [6, 6.07) is 16.2. The molecule has 24 heavy (non-hydrogen) atoms. The molecule has 1 aliphatic heterocycles. The first kappa shape index (κ1) is 16.6. The maximum Gasteiger partial charge on any atom is 0.254 e. The van der Waals surface area contributed by atoms with Gasteiger partial charge in [-0.2, -0.15) is 0 Å². The minimum Gasteiger partial charge on any atom is -0.493 e. The van der Waals surface area contributed by atoms with Gasteiger partial charge in [0.25, 0.3) is 5.91 Å². The molecule has 0 saturated carbocycles. The number of ether oxygens (including phenoxy) is 1. The second-order valence-corrected chi connectivity index (χ2v) is 6.91. The van der Waals surface area contributed by atoms with Crippen LogP contribution in [0.1, 0.15) is 35.3 Å². The highest BCUT2D eigenvalue weighted by atomic mass is 16.5. The van der Waals surface area contributed by atoms with Crippen LogP contribution in [0.4, 0.5) is 0 Å². The Morgan fingerprint density at radius 2 is 1.88 bits per heavy atom. The maximum atomic E-state index is 12.9. The number of benzene rings is 2. The topological polar surface area (TPSA) is 29.5 Å². The van der Waals surface area contributed by atoms with Crippen LogP contribution in [0.2, 0.25) is 0 Å². The number of fused-ring (bicyclic) bond motifs is 1. The van der Waals surface area contributed by atoms with E-state index in [4.69, 9.17) is 4.74 Å². The summed E-state index contributed by atoms with van der Waals surface area (Å²) in [5.41, 5.74) is 3.16. The molecule has 0 saturated heterocycles. The summed E-state index contributed by atoms with van der Waals surface area (Å²) < 4.78 is 5.88. The monoisotopic (exact) mass is 323 g/mol. The first-order valence-electron chi connectivity index (χ1n) is 8.63. The van der Waals surface area contributed by atoms with Crippen molar-refractivity contribution in [3.63, 3.8) is 0 Å². The lowest BCUT2D eigenvalue weighted by Crippen LogP contribution is -2.43. The van der Waals surface area contributed by atoms with Crippen molar-refractivity contribution < 1.29 is 9.53 Å². The van der Waals surface area contributed by atoms with Gasteiger partial charge in [-0.25, -0.2) is 0 Å². The Hall–Kier alpha value is -2.29. The fourth-order valence-corrected chi connectivity index (χ4v) is 3.18. The molecule has 0 spiro atoms. The molecule has 2 aromatic carbocycles. The Morgan fingerprint density at radius 3 is 2.58 bits per heavy atom. The van der Waals surface area contributed by atoms with Crippen LogP contribution in [0.3, 0.4) is 0 Å². The lowest BCUT2D eigenvalue weighted by atomic mass is 9.95. The number of aryl methyl sites for hydroxylation is 1. The molecule has 3 heteroatoms. The molecule has 0 fully saturated rings. The van der Waals surface area contributed by atoms with Crippen molar-refractivity contribution in [3.05, 3.63) is 65.2 Å². The molecule has 3 rings (SSSR count). The van der Waals surface area contributed by atoms with Crippen LogP contribution in [0.15, 0.2) is 48.5 Å². The van der Waals surface area contributed by atoms with E-state index in [0.717, 1.165) is 24.3 Å². The molecular formula is C21H25NO2. The minimum atomic E-state index is 0.101. The third-order valence-electron chi connectivity index (χ3n) is 4.59. The molecule has 0 aliphatic carbocycles. The normalized spacial score (nSPS) is 16.4. The zero-order valence-electron chi connectivity index (χ0n) is 14.7. The standard InChI is InChI=1S/C21H25NO2/c1-15(2)22(21(23)18-10-8-16(3)9-11-18)13-17-12-19-6-4-5-7-20(19)24-14-17/h4-11,15,17H,12-14H2,1-3H3. The summed E-state index contributed by atoms with van der Waals surface area (Å²) in [5, 5.41) is 0. The Kier molecular flexibility index (Phi) is 4.89. The quantitative estimate of drug-likeness (QED) is 0.848. The molecule has 0 bridgehead atoms. The minimum absolute atomic E-state index is 0.101. The lowest BCUT2D eigenvalue weighted by molar-refractivity contribution is 0.0636. The summed E-state index contributed by atoms with van der Waals surface area (Å²) in [6.45, 7) is 7.57. The van der Waals surface area contributed by atoms with Crippen molar-refractivity contribution in [3.8, 4) is 5.75 Å². The molecule has 1 heterocycles. The Labute approximate surface area is 144 Å². The third-order valence-corrected chi connectivity index (χ3v) is 4.59. The number of para-hydroxylation sites is 1. The fraction of sp³-hybridized carbons (Fsp3) is 0.381. The summed E-state index contributed by atoms with van der Waals surface area (Å²) in [4.78, 5) is 14.9. The summed E-state index contributed by atoms with van der Waals surface area (Å²) in [5.74, 6) is 1.41. The van der Waals surface area contributed by atoms with E-state index in [1.807, 2.05) is 54.3 Å². The Bertz CT molecular complexity index is 706. The smallest absolute Gasteiger partial charge is 0.254 e. The van der Waals surface area contributed by atoms with Gasteiger partial charge in [-0.3, -0.25) is 4.79 Å². The van der Waals surface area contributed by atoms with Gasteiger partial charge in [0.1, 0.15) is 5.75 Å². The zero-order valence-corrected chi connectivity index (χ0v) is 14.7. The second kappa shape index (κ2) is 7.08. The molecule has 126 valence electrons. The highest BCUT2D eigenvalue weighted by Crippen LogP contribution is 2.27. The van der Waals surface area contributed by atoms with Crippen molar-refractivity contribution in [1.29, 1.82) is 0 Å². The summed E-state index contributed by atoms with van der Waals surface area (Å²) in [6.07, 6.45) is 0.959. The van der Waals surface area contributed by atoms with Crippen LogP contribution in [-0.4, -0.2) is 30.0 Å². The first-order chi connectivity index (χ1) is 11.5. The van der Waals surface area contributed by atoms with Crippen molar-refractivity contribution in [2.45, 2.75) is 33.2 Å². The summed E-state index contributed by atoms with van der Waals surface area (Å²) >= 11 is 0. The molecule has 0 radical (unpaired) electrons. The van der Waals surface area contributed by atoms with Crippen molar-refractivity contribution in [2.75, 3.05) is 13.2 Å². The van der Waals surface area contributed by atoms with Crippen LogP contribution >= 0.6 is 0 Å². The largest absolute Gasteiger partial charge is 0.493 e. The molecule has 1 unspecified atom stereocenters. The second-order valence-electron chi connectivity index (χ2n) is 6.91. The number of hydrogen-bond donors (Lipinski definition) is 0. The molecule has 1 aliphatic rings. The van der Waals surface area contributed by atoms with Crippen LogP contribution < -0.4 is 4.74 Å². The number of hydrogen-bond acceptors (Lipinski definition) is 2. The van der Waals surface area contributed by atoms with Crippen molar-refractivity contribution in [2.24, 2.45) is 5.92 Å². The lowest BCUT2D eigenvalue weighted by Gasteiger charge is -2.33. The number of amides is 1. The van der Waals surface area contributed by atoms with Crippen LogP contribution in [0.5, 0.6) is 5.75 Å². The van der Waals surface area contributed by atoms with E-state index < -0.39 is 0 Å². The van der Waals surface area contributed by atoms with Gasteiger partial charge in [0.2, 0.25) is 0 Å². The van der Waals surface area contributed by atoms with Gasteiger partial charge >= 0.3 is 0 Å². The third kappa shape index (κ3) is 3.61. The van der Waals surface area contributed by atoms with E-state index in [-0.39, 0.29) is 11.9 Å². The molecule has 0 aromatic heterocycles. The average molecular weight is 323 g/mol. The van der Waals surface area contributed by atoms with Gasteiger partial charge in [-0.05, 0) is 51.0 Å². The van der Waals surface area contributed by atoms with E-state index in [0.29, 0.717) is 12.5 Å². The van der Waals surface area contributed by atoms with Gasteiger partial charge in [0.05, 0.1) is 6.61 Å². The van der Waals surface area contributed by atoms with Gasteiger partial charge in [-0.15, -0.1) is 0 Å². The van der Waals surface area contributed by atoms with Crippen LogP contribution in [-0.2, 0) is 6.42 Å². The highest BCUT2D eigenvalue weighted by Gasteiger charge is 2.26. The Morgan fingerprint density at radius 1 is 1.17 bits per heavy atom. The van der Waals surface area contributed by atoms with E-state index in [2.05, 4.69) is 19.9 Å². The fourth-order valence-electron chi connectivity index (χ4n) is 3.18. The number of rotatable bonds is 4. The molecule has 1 atom stereocenters. The first-order valence-corrected chi connectivity index (χ1v) is 8.63. The molecule has 3 nitrogen and oxygen atoms in total. The van der Waals surface area contributed by atoms with Gasteiger partial charge in [-0.1, -0.05) is 35.9 Å². The maximum absolute atomic E-state index is 12.9. The predicted molar refractivity (Wildman–Crippen MR) is 96.5 cm³/mol. The van der Waals surface area contributed by atoms with Gasteiger partial charge < -0.3 is 9.64 Å². The van der Waals surface area contributed by atoms with E-state index in [9.17, 15) is 4.79 Å². The van der Waals surface area contributed by atoms with E-state index in [1.165, 1.54) is 11.1 Å². The summed E-state index contributed by atoms with van der Waals surface area (Å²) in [7, 11) is 0. The SMILES string of the molecule is Cc1ccc(C(=O)N(CC2COc3ccccc3C2)C(C)C)cc1. The molecule has 1 amide bonds. The number of carbonyl (C=O) groups is 1. The van der Waals surface area contributed by atoms with Crippen molar-refractivity contribution >= 4 is 5.91 Å². The molecular weight excluding hydrogens is 298 g/mol. The van der Waals surface area contributed by atoms with E-state index >= 15 is 0 Å². The van der Waals surface area contributed by atoms with Crippen molar-refractivity contribution in [1.82, 2.24) is 4.90 Å². The van der Waals surface area contributed by atoms with E-state index in [1.54, 1.807) is 0 Å². The number of nitrogens with zero attached hydrogens (tertiary/aromatic N) is 1. The molecule has 2 aromatic rings.